The van der Waals surface area contributed by atoms with Gasteiger partial charge in [-0.25, -0.2) is 8.78 Å². The number of halogens is 2. The summed E-state index contributed by atoms with van der Waals surface area (Å²) in [7, 11) is 0. The number of hydrogen-bond donors (Lipinski definition) is 4. The molecule has 1 aliphatic heterocycles. The van der Waals surface area contributed by atoms with Crippen molar-refractivity contribution >= 4 is 17.7 Å². The van der Waals surface area contributed by atoms with Gasteiger partial charge in [0.15, 0.2) is 6.10 Å². The summed E-state index contributed by atoms with van der Waals surface area (Å²) in [4.78, 5) is 39.0. The Morgan fingerprint density at radius 3 is 2.08 bits per heavy atom. The molecule has 7 nitrogen and oxygen atoms in total. The monoisotopic (exact) mass is 521 g/mol. The predicted octanol–water partition coefficient (Wildman–Crippen LogP) is 3.42. The van der Waals surface area contributed by atoms with Crippen molar-refractivity contribution in [1.82, 2.24) is 16.0 Å². The number of hydrogen-bond acceptors (Lipinski definition) is 4. The third-order valence-corrected chi connectivity index (χ3v) is 6.70. The van der Waals surface area contributed by atoms with Gasteiger partial charge in [-0.3, -0.25) is 14.4 Å². The van der Waals surface area contributed by atoms with Gasteiger partial charge in [-0.15, -0.1) is 0 Å². The van der Waals surface area contributed by atoms with Gasteiger partial charge in [-0.05, 0) is 48.6 Å². The van der Waals surface area contributed by atoms with Gasteiger partial charge in [0.25, 0.3) is 5.91 Å². The molecule has 0 radical (unpaired) electrons. The molecule has 5 atom stereocenters. The van der Waals surface area contributed by atoms with E-state index in [9.17, 15) is 28.3 Å². The zero-order valence-corrected chi connectivity index (χ0v) is 20.7. The third-order valence-electron chi connectivity index (χ3n) is 6.70. The SMILES string of the molecule is C[C@H](NC(=O)[C@@H](O)c1cc(F)cc(F)c1)C(=O)N[C@@H]1C(=O)N[C@H](c2ccccc2)CC[C@@H]1c1ccccc1. The van der Waals surface area contributed by atoms with E-state index in [0.29, 0.717) is 18.9 Å². The Hall–Kier alpha value is -4.11. The molecule has 0 aromatic heterocycles. The number of rotatable bonds is 7. The van der Waals surface area contributed by atoms with Gasteiger partial charge in [-0.1, -0.05) is 60.7 Å². The number of aliphatic hydroxyl groups is 1. The topological polar surface area (TPSA) is 108 Å². The maximum absolute atomic E-state index is 13.5. The molecular formula is C29H29F2N3O4. The van der Waals surface area contributed by atoms with E-state index in [1.165, 1.54) is 6.92 Å². The Bertz CT molecular complexity index is 1270. The molecular weight excluding hydrogens is 492 g/mol. The zero-order chi connectivity index (χ0) is 27.2. The fourth-order valence-corrected chi connectivity index (χ4v) is 4.71. The summed E-state index contributed by atoms with van der Waals surface area (Å²) >= 11 is 0. The quantitative estimate of drug-likeness (QED) is 0.382. The van der Waals surface area contributed by atoms with E-state index in [2.05, 4.69) is 16.0 Å². The molecule has 1 fully saturated rings. The van der Waals surface area contributed by atoms with Crippen LogP contribution >= 0.6 is 0 Å². The second kappa shape index (κ2) is 12.0. The molecule has 4 N–H and O–H groups in total. The summed E-state index contributed by atoms with van der Waals surface area (Å²) in [6, 6.07) is 19.0. The third kappa shape index (κ3) is 6.41. The van der Waals surface area contributed by atoms with E-state index >= 15 is 0 Å². The van der Waals surface area contributed by atoms with E-state index in [-0.39, 0.29) is 23.4 Å². The second-order valence-corrected chi connectivity index (χ2v) is 9.39. The van der Waals surface area contributed by atoms with Crippen molar-refractivity contribution in [3.8, 4) is 0 Å². The normalized spacial score (nSPS) is 20.9. The summed E-state index contributed by atoms with van der Waals surface area (Å²) in [5.74, 6) is -4.22. The number of carbonyl (C=O) groups is 3. The first-order chi connectivity index (χ1) is 18.2. The van der Waals surface area contributed by atoms with Crippen LogP contribution in [0, 0.1) is 11.6 Å². The lowest BCUT2D eigenvalue weighted by Crippen LogP contribution is -2.54. The standard InChI is InChI=1S/C29H29F2N3O4/c1-17(32-29(38)26(35)20-14-21(30)16-22(31)15-20)27(36)34-25-23(18-8-4-2-5-9-18)12-13-24(33-28(25)37)19-10-6-3-7-11-19/h2-11,14-17,23-26,35H,12-13H2,1H3,(H,32,38)(H,33,37)(H,34,36)/t17-,23+,24-,25-,26-/m0/s1. The molecule has 0 bridgehead atoms. The minimum absolute atomic E-state index is 0.226. The molecule has 4 rings (SSSR count). The van der Waals surface area contributed by atoms with Gasteiger partial charge < -0.3 is 21.1 Å². The first kappa shape index (κ1) is 26.9. The minimum Gasteiger partial charge on any atom is -0.378 e. The number of benzene rings is 3. The Morgan fingerprint density at radius 2 is 1.47 bits per heavy atom. The van der Waals surface area contributed by atoms with Gasteiger partial charge in [0, 0.05) is 12.0 Å². The predicted molar refractivity (Wildman–Crippen MR) is 137 cm³/mol. The number of amides is 3. The Labute approximate surface area is 219 Å². The molecule has 3 aromatic rings. The summed E-state index contributed by atoms with van der Waals surface area (Å²) in [6.45, 7) is 1.39. The fraction of sp³-hybridized carbons (Fsp3) is 0.276. The van der Waals surface area contributed by atoms with E-state index in [0.717, 1.165) is 23.3 Å². The summed E-state index contributed by atoms with van der Waals surface area (Å²) in [5.41, 5.74) is 1.57. The first-order valence-corrected chi connectivity index (χ1v) is 12.4. The Kier molecular flexibility index (Phi) is 8.48. The molecule has 0 spiro atoms. The van der Waals surface area contributed by atoms with Crippen LogP contribution in [0.15, 0.2) is 78.9 Å². The molecule has 0 unspecified atom stereocenters. The van der Waals surface area contributed by atoms with Crippen LogP contribution in [0.4, 0.5) is 8.78 Å². The average molecular weight is 522 g/mol. The van der Waals surface area contributed by atoms with Crippen molar-refractivity contribution in [2.24, 2.45) is 0 Å². The number of carbonyl (C=O) groups excluding carboxylic acids is 3. The van der Waals surface area contributed by atoms with Crippen LogP contribution in [-0.2, 0) is 14.4 Å². The maximum atomic E-state index is 13.5. The van der Waals surface area contributed by atoms with Gasteiger partial charge in [0.2, 0.25) is 11.8 Å². The zero-order valence-electron chi connectivity index (χ0n) is 20.7. The fourth-order valence-electron chi connectivity index (χ4n) is 4.71. The average Bonchev–Trinajstić information content (AvgIpc) is 3.07. The first-order valence-electron chi connectivity index (χ1n) is 12.4. The Morgan fingerprint density at radius 1 is 0.895 bits per heavy atom. The summed E-state index contributed by atoms with van der Waals surface area (Å²) in [6.07, 6.45) is -0.623. The Balaban J connectivity index is 1.49. The maximum Gasteiger partial charge on any atom is 0.254 e. The van der Waals surface area contributed by atoms with Gasteiger partial charge in [-0.2, -0.15) is 0 Å². The van der Waals surface area contributed by atoms with Crippen LogP contribution in [0.5, 0.6) is 0 Å². The van der Waals surface area contributed by atoms with Crippen molar-refractivity contribution in [3.05, 3.63) is 107 Å². The molecule has 198 valence electrons. The van der Waals surface area contributed by atoms with Crippen LogP contribution in [0.25, 0.3) is 0 Å². The largest absolute Gasteiger partial charge is 0.378 e. The highest BCUT2D eigenvalue weighted by Gasteiger charge is 2.37. The molecule has 9 heteroatoms. The van der Waals surface area contributed by atoms with Crippen molar-refractivity contribution in [1.29, 1.82) is 0 Å². The van der Waals surface area contributed by atoms with Crippen molar-refractivity contribution in [3.63, 3.8) is 0 Å². The molecule has 3 amide bonds. The number of nitrogens with one attached hydrogen (secondary N) is 3. The number of aliphatic hydroxyl groups excluding tert-OH is 1. The van der Waals surface area contributed by atoms with Gasteiger partial charge in [0.1, 0.15) is 23.7 Å². The van der Waals surface area contributed by atoms with Crippen molar-refractivity contribution in [2.45, 2.75) is 49.9 Å². The lowest BCUT2D eigenvalue weighted by atomic mass is 9.86. The molecule has 1 saturated heterocycles. The van der Waals surface area contributed by atoms with Gasteiger partial charge >= 0.3 is 0 Å². The lowest BCUT2D eigenvalue weighted by Gasteiger charge is -2.27. The van der Waals surface area contributed by atoms with Gasteiger partial charge in [0.05, 0.1) is 6.04 Å². The molecule has 0 aliphatic carbocycles. The minimum atomic E-state index is -1.89. The molecule has 0 saturated carbocycles. The van der Waals surface area contributed by atoms with Crippen LogP contribution in [0.3, 0.4) is 0 Å². The molecule has 1 aliphatic rings. The second-order valence-electron chi connectivity index (χ2n) is 9.39. The summed E-state index contributed by atoms with van der Waals surface area (Å²) < 4.78 is 27.0. The molecule has 1 heterocycles. The highest BCUT2D eigenvalue weighted by molar-refractivity contribution is 5.93. The van der Waals surface area contributed by atoms with Crippen LogP contribution < -0.4 is 16.0 Å². The lowest BCUT2D eigenvalue weighted by molar-refractivity contribution is -0.135. The smallest absolute Gasteiger partial charge is 0.254 e. The van der Waals surface area contributed by atoms with Crippen LogP contribution in [0.2, 0.25) is 0 Å². The van der Waals surface area contributed by atoms with E-state index in [1.807, 2.05) is 60.7 Å². The van der Waals surface area contributed by atoms with Crippen LogP contribution in [0.1, 0.15) is 54.5 Å². The van der Waals surface area contributed by atoms with E-state index in [1.54, 1.807) is 0 Å². The van der Waals surface area contributed by atoms with E-state index in [4.69, 9.17) is 0 Å². The highest BCUT2D eigenvalue weighted by Crippen LogP contribution is 2.33. The highest BCUT2D eigenvalue weighted by atomic mass is 19.1. The van der Waals surface area contributed by atoms with Crippen molar-refractivity contribution < 1.29 is 28.3 Å². The van der Waals surface area contributed by atoms with Crippen molar-refractivity contribution in [2.75, 3.05) is 0 Å². The summed E-state index contributed by atoms with van der Waals surface area (Å²) in [5, 5.41) is 18.4. The van der Waals surface area contributed by atoms with Crippen LogP contribution in [-0.4, -0.2) is 34.9 Å². The molecule has 3 aromatic carbocycles. The molecule has 38 heavy (non-hydrogen) atoms. The van der Waals surface area contributed by atoms with E-state index < -0.39 is 41.6 Å².